The van der Waals surface area contributed by atoms with Gasteiger partial charge in [0.1, 0.15) is 0 Å². The molecule has 1 aliphatic heterocycles. The van der Waals surface area contributed by atoms with Gasteiger partial charge < -0.3 is 9.47 Å². The third kappa shape index (κ3) is 2.71. The summed E-state index contributed by atoms with van der Waals surface area (Å²) in [5.41, 5.74) is -1.23. The number of pyridine rings is 1. The quantitative estimate of drug-likeness (QED) is 0.589. The van der Waals surface area contributed by atoms with Crippen LogP contribution in [0.2, 0.25) is 0 Å². The molecule has 1 fully saturated rings. The molecule has 1 aliphatic rings. The van der Waals surface area contributed by atoms with Crippen LogP contribution in [0, 0.1) is 0 Å². The molecule has 0 bridgehead atoms. The zero-order valence-corrected chi connectivity index (χ0v) is 14.9. The number of thiophene rings is 1. The lowest BCUT2D eigenvalue weighted by Gasteiger charge is -2.31. The summed E-state index contributed by atoms with van der Waals surface area (Å²) in [7, 11) is 0. The van der Waals surface area contributed by atoms with E-state index in [9.17, 15) is 13.2 Å². The molecular weight excluding hydrogens is 363 g/mol. The minimum absolute atomic E-state index is 0.00543. The van der Waals surface area contributed by atoms with Gasteiger partial charge in [0.15, 0.2) is 5.79 Å². The minimum Gasteiger partial charge on any atom is -0.347 e. The summed E-state index contributed by atoms with van der Waals surface area (Å²) in [5, 5.41) is 2.98. The molecular formula is C19H16F3NO2S. The van der Waals surface area contributed by atoms with Gasteiger partial charge in [-0.1, -0.05) is 18.2 Å². The Bertz CT molecular complexity index is 967. The summed E-state index contributed by atoms with van der Waals surface area (Å²) in [6.45, 7) is 2.38. The molecule has 1 saturated heterocycles. The first-order chi connectivity index (χ1) is 12.2. The van der Waals surface area contributed by atoms with E-state index in [0.717, 1.165) is 15.6 Å². The van der Waals surface area contributed by atoms with E-state index in [0.29, 0.717) is 5.69 Å². The Morgan fingerprint density at radius 2 is 1.96 bits per heavy atom. The van der Waals surface area contributed by atoms with Crippen molar-refractivity contribution < 1.29 is 22.6 Å². The van der Waals surface area contributed by atoms with Crippen molar-refractivity contribution >= 4 is 21.4 Å². The fourth-order valence-electron chi connectivity index (χ4n) is 3.22. The van der Waals surface area contributed by atoms with Crippen molar-refractivity contribution in [2.75, 3.05) is 6.61 Å². The molecule has 0 N–H and O–H groups in total. The SMILES string of the molecule is CC1(C)OCC(c2ccnc(-c3cccc4ccsc34)c2)(C(F)(F)F)O1. The molecule has 3 heterocycles. The van der Waals surface area contributed by atoms with Gasteiger partial charge in [0.25, 0.3) is 0 Å². The van der Waals surface area contributed by atoms with Gasteiger partial charge in [-0.2, -0.15) is 13.2 Å². The largest absolute Gasteiger partial charge is 0.424 e. The van der Waals surface area contributed by atoms with Crippen molar-refractivity contribution in [3.8, 4) is 11.3 Å². The fraction of sp³-hybridized carbons (Fsp3) is 0.316. The summed E-state index contributed by atoms with van der Waals surface area (Å²) in [5.74, 6) is -1.31. The van der Waals surface area contributed by atoms with E-state index >= 15 is 0 Å². The van der Waals surface area contributed by atoms with Crippen molar-refractivity contribution in [1.82, 2.24) is 4.98 Å². The summed E-state index contributed by atoms with van der Waals surface area (Å²) in [6.07, 6.45) is -3.23. The Balaban J connectivity index is 1.86. The number of aromatic nitrogens is 1. The van der Waals surface area contributed by atoms with Crippen LogP contribution >= 0.6 is 11.3 Å². The van der Waals surface area contributed by atoms with Crippen LogP contribution in [0.1, 0.15) is 19.4 Å². The Labute approximate surface area is 152 Å². The monoisotopic (exact) mass is 379 g/mol. The topological polar surface area (TPSA) is 31.4 Å². The van der Waals surface area contributed by atoms with Gasteiger partial charge in [-0.15, -0.1) is 11.3 Å². The number of hydrogen-bond donors (Lipinski definition) is 0. The van der Waals surface area contributed by atoms with E-state index in [-0.39, 0.29) is 5.56 Å². The van der Waals surface area contributed by atoms with Crippen molar-refractivity contribution in [3.05, 3.63) is 53.5 Å². The second kappa shape index (κ2) is 5.77. The van der Waals surface area contributed by atoms with Crippen LogP contribution in [0.25, 0.3) is 21.3 Å². The Hall–Kier alpha value is -1.96. The second-order valence-electron chi connectivity index (χ2n) is 6.69. The molecule has 136 valence electrons. The van der Waals surface area contributed by atoms with Gasteiger partial charge in [0, 0.05) is 16.5 Å². The lowest BCUT2D eigenvalue weighted by atomic mass is 9.93. The minimum atomic E-state index is -4.62. The number of rotatable bonds is 2. The smallest absolute Gasteiger partial charge is 0.347 e. The maximum atomic E-state index is 14.0. The van der Waals surface area contributed by atoms with Gasteiger partial charge in [0.2, 0.25) is 5.60 Å². The number of nitrogens with zero attached hydrogens (tertiary/aromatic N) is 1. The molecule has 0 spiro atoms. The van der Waals surface area contributed by atoms with Gasteiger partial charge in [-0.05, 0) is 48.4 Å². The summed E-state index contributed by atoms with van der Waals surface area (Å²) in [4.78, 5) is 4.30. The standard InChI is InChI=1S/C19H16F3NO2S/c1-17(2)24-11-18(25-17,19(20,21)22)13-6-8-23-15(10-13)14-5-3-4-12-7-9-26-16(12)14/h3-10H,11H2,1-2H3. The molecule has 4 rings (SSSR count). The van der Waals surface area contributed by atoms with Crippen LogP contribution in [0.4, 0.5) is 13.2 Å². The lowest BCUT2D eigenvalue weighted by Crippen LogP contribution is -2.45. The highest BCUT2D eigenvalue weighted by molar-refractivity contribution is 7.17. The molecule has 0 amide bonds. The third-order valence-corrected chi connectivity index (χ3v) is 5.45. The molecule has 0 saturated carbocycles. The Kier molecular flexibility index (Phi) is 3.87. The summed E-state index contributed by atoms with van der Waals surface area (Å²) < 4.78 is 53.5. The summed E-state index contributed by atoms with van der Waals surface area (Å²) >= 11 is 1.53. The highest BCUT2D eigenvalue weighted by Gasteiger charge is 2.64. The number of benzene rings is 1. The molecule has 0 aliphatic carbocycles. The maximum Gasteiger partial charge on any atom is 0.424 e. The third-order valence-electron chi connectivity index (χ3n) is 4.48. The van der Waals surface area contributed by atoms with Gasteiger partial charge in [-0.25, -0.2) is 0 Å². The highest BCUT2D eigenvalue weighted by Crippen LogP contribution is 2.50. The lowest BCUT2D eigenvalue weighted by molar-refractivity contribution is -0.289. The maximum absolute atomic E-state index is 14.0. The molecule has 3 nitrogen and oxygen atoms in total. The molecule has 2 aromatic heterocycles. The molecule has 7 heteroatoms. The first-order valence-corrected chi connectivity index (χ1v) is 8.94. The zero-order chi connectivity index (χ0) is 18.6. The predicted octanol–water partition coefficient (Wildman–Crippen LogP) is 5.50. The van der Waals surface area contributed by atoms with Crippen molar-refractivity contribution in [2.45, 2.75) is 31.4 Å². The normalized spacial score (nSPS) is 22.8. The number of hydrogen-bond acceptors (Lipinski definition) is 4. The van der Waals surface area contributed by atoms with E-state index in [1.54, 1.807) is 0 Å². The Morgan fingerprint density at radius 1 is 1.15 bits per heavy atom. The van der Waals surface area contributed by atoms with Crippen LogP contribution in [-0.4, -0.2) is 23.6 Å². The summed E-state index contributed by atoms with van der Waals surface area (Å²) in [6, 6.07) is 10.5. The van der Waals surface area contributed by atoms with Crippen LogP contribution in [0.15, 0.2) is 48.0 Å². The number of fused-ring (bicyclic) bond motifs is 1. The van der Waals surface area contributed by atoms with Crippen molar-refractivity contribution in [3.63, 3.8) is 0 Å². The first kappa shape index (κ1) is 17.5. The predicted molar refractivity (Wildman–Crippen MR) is 93.9 cm³/mol. The molecule has 1 unspecified atom stereocenters. The first-order valence-electron chi connectivity index (χ1n) is 8.06. The van der Waals surface area contributed by atoms with Crippen LogP contribution in [-0.2, 0) is 15.1 Å². The fourth-order valence-corrected chi connectivity index (χ4v) is 4.15. The highest BCUT2D eigenvalue weighted by atomic mass is 32.1. The van der Waals surface area contributed by atoms with Crippen LogP contribution < -0.4 is 0 Å². The van der Waals surface area contributed by atoms with E-state index < -0.39 is 24.2 Å². The number of halogens is 3. The van der Waals surface area contributed by atoms with Crippen molar-refractivity contribution in [1.29, 1.82) is 0 Å². The number of ether oxygens (including phenoxy) is 2. The van der Waals surface area contributed by atoms with E-state index in [4.69, 9.17) is 9.47 Å². The molecule has 1 aromatic carbocycles. The van der Waals surface area contributed by atoms with E-state index in [2.05, 4.69) is 4.98 Å². The average molecular weight is 379 g/mol. The zero-order valence-electron chi connectivity index (χ0n) is 14.1. The van der Waals surface area contributed by atoms with E-state index in [1.165, 1.54) is 43.5 Å². The molecule has 3 aromatic rings. The van der Waals surface area contributed by atoms with Gasteiger partial charge in [-0.3, -0.25) is 4.98 Å². The van der Waals surface area contributed by atoms with Gasteiger partial charge in [0.05, 0.1) is 12.3 Å². The van der Waals surface area contributed by atoms with Gasteiger partial charge >= 0.3 is 6.18 Å². The number of alkyl halides is 3. The average Bonchev–Trinajstić information content (AvgIpc) is 3.18. The molecule has 0 radical (unpaired) electrons. The molecule has 1 atom stereocenters. The Morgan fingerprint density at radius 3 is 2.65 bits per heavy atom. The van der Waals surface area contributed by atoms with Crippen molar-refractivity contribution in [2.24, 2.45) is 0 Å². The second-order valence-corrected chi connectivity index (χ2v) is 7.61. The molecule has 26 heavy (non-hydrogen) atoms. The van der Waals surface area contributed by atoms with E-state index in [1.807, 2.05) is 29.6 Å². The van der Waals surface area contributed by atoms with Crippen LogP contribution in [0.5, 0.6) is 0 Å². The van der Waals surface area contributed by atoms with Crippen LogP contribution in [0.3, 0.4) is 0 Å².